The number of ether oxygens (including phenoxy) is 2. The zero-order valence-electron chi connectivity index (χ0n) is 15.9. The number of benzene rings is 2. The molecule has 0 bridgehead atoms. The van der Waals surface area contributed by atoms with Crippen molar-refractivity contribution in [3.05, 3.63) is 59.4 Å². The Bertz CT molecular complexity index is 741. The minimum atomic E-state index is -0.230. The molecule has 0 aliphatic carbocycles. The van der Waals surface area contributed by atoms with Gasteiger partial charge in [-0.2, -0.15) is 0 Å². The zero-order valence-corrected chi connectivity index (χ0v) is 18.3. The summed E-state index contributed by atoms with van der Waals surface area (Å²) >= 11 is 0. The fraction of sp³-hybridized carbons (Fsp3) is 0.350. The number of nitrogens with one attached hydrogen (secondary N) is 2. The fourth-order valence-corrected chi connectivity index (χ4v) is 2.42. The van der Waals surface area contributed by atoms with Gasteiger partial charge in [-0.15, -0.1) is 24.0 Å². The molecule has 0 aliphatic rings. The van der Waals surface area contributed by atoms with Gasteiger partial charge in [0, 0.05) is 18.7 Å². The number of hydrogen-bond acceptors (Lipinski definition) is 3. The third-order valence-electron chi connectivity index (χ3n) is 3.70. The largest absolute Gasteiger partial charge is 0.493 e. The minimum Gasteiger partial charge on any atom is -0.493 e. The Morgan fingerprint density at radius 3 is 2.52 bits per heavy atom. The molecule has 0 atom stereocenters. The molecule has 5 nitrogen and oxygen atoms in total. The van der Waals surface area contributed by atoms with Crippen LogP contribution in [0.5, 0.6) is 11.5 Å². The first-order chi connectivity index (χ1) is 12.7. The molecule has 2 rings (SSSR count). The number of methoxy groups -OCH3 is 1. The van der Waals surface area contributed by atoms with Gasteiger partial charge in [-0.05, 0) is 37.6 Å². The van der Waals surface area contributed by atoms with Crippen LogP contribution in [0.25, 0.3) is 0 Å². The lowest BCUT2D eigenvalue weighted by Crippen LogP contribution is -2.37. The normalized spacial score (nSPS) is 10.7. The average Bonchev–Trinajstić information content (AvgIpc) is 2.66. The molecule has 27 heavy (non-hydrogen) atoms. The number of nitrogens with zero attached hydrogens (tertiary/aromatic N) is 1. The molecule has 2 aromatic rings. The van der Waals surface area contributed by atoms with Crippen LogP contribution in [0.4, 0.5) is 4.39 Å². The Balaban J connectivity index is 0.00000364. The summed E-state index contributed by atoms with van der Waals surface area (Å²) in [5.74, 6) is 1.80. The molecule has 0 saturated carbocycles. The highest BCUT2D eigenvalue weighted by Crippen LogP contribution is 2.28. The predicted octanol–water partition coefficient (Wildman–Crippen LogP) is 4.11. The van der Waals surface area contributed by atoms with E-state index < -0.39 is 0 Å². The highest BCUT2D eigenvalue weighted by Gasteiger charge is 2.06. The number of hydrogen-bond donors (Lipinski definition) is 2. The van der Waals surface area contributed by atoms with Crippen molar-refractivity contribution in [1.29, 1.82) is 0 Å². The molecular formula is C20H27FIN3O2. The lowest BCUT2D eigenvalue weighted by Gasteiger charge is -2.13. The number of aliphatic imine (C=N–C) groups is 1. The van der Waals surface area contributed by atoms with Gasteiger partial charge in [0.1, 0.15) is 5.82 Å². The van der Waals surface area contributed by atoms with Crippen molar-refractivity contribution in [2.24, 2.45) is 4.99 Å². The van der Waals surface area contributed by atoms with Gasteiger partial charge >= 0.3 is 0 Å². The van der Waals surface area contributed by atoms with Crippen LogP contribution in [0.1, 0.15) is 25.0 Å². The van der Waals surface area contributed by atoms with Crippen molar-refractivity contribution < 1.29 is 13.9 Å². The van der Waals surface area contributed by atoms with Crippen LogP contribution in [-0.2, 0) is 13.1 Å². The highest BCUT2D eigenvalue weighted by atomic mass is 127. The van der Waals surface area contributed by atoms with E-state index in [9.17, 15) is 4.39 Å². The molecule has 0 saturated heterocycles. The molecule has 0 amide bonds. The fourth-order valence-electron chi connectivity index (χ4n) is 2.42. The molecule has 148 valence electrons. The summed E-state index contributed by atoms with van der Waals surface area (Å²) in [6, 6.07) is 12.4. The second-order valence-electron chi connectivity index (χ2n) is 5.56. The van der Waals surface area contributed by atoms with Crippen molar-refractivity contribution >= 4 is 29.9 Å². The summed E-state index contributed by atoms with van der Waals surface area (Å²) in [6.45, 7) is 6.05. The number of halogens is 2. The summed E-state index contributed by atoms with van der Waals surface area (Å²) in [5.41, 5.74) is 1.59. The van der Waals surface area contributed by atoms with E-state index in [-0.39, 0.29) is 29.8 Å². The van der Waals surface area contributed by atoms with Gasteiger partial charge in [0.05, 0.1) is 20.3 Å². The van der Waals surface area contributed by atoms with E-state index in [1.165, 1.54) is 6.07 Å². The lowest BCUT2D eigenvalue weighted by molar-refractivity contribution is 0.310. The van der Waals surface area contributed by atoms with E-state index in [2.05, 4.69) is 15.6 Å². The van der Waals surface area contributed by atoms with E-state index in [0.717, 1.165) is 12.1 Å². The van der Waals surface area contributed by atoms with Crippen molar-refractivity contribution in [3.8, 4) is 11.5 Å². The summed E-state index contributed by atoms with van der Waals surface area (Å²) in [7, 11) is 1.62. The molecule has 0 aromatic heterocycles. The Morgan fingerprint density at radius 1 is 1.07 bits per heavy atom. The van der Waals surface area contributed by atoms with Crippen molar-refractivity contribution in [2.75, 3.05) is 20.3 Å². The van der Waals surface area contributed by atoms with Crippen LogP contribution in [0, 0.1) is 5.82 Å². The zero-order chi connectivity index (χ0) is 18.8. The molecular weight excluding hydrogens is 460 g/mol. The van der Waals surface area contributed by atoms with E-state index >= 15 is 0 Å². The second-order valence-corrected chi connectivity index (χ2v) is 5.56. The average molecular weight is 487 g/mol. The SMILES string of the molecule is CCNC(=NCc1ccc(OCC)c(OC)c1)NCc1ccccc1F.I. The van der Waals surface area contributed by atoms with Crippen molar-refractivity contribution in [1.82, 2.24) is 10.6 Å². The molecule has 0 aliphatic heterocycles. The molecule has 2 N–H and O–H groups in total. The molecule has 0 heterocycles. The summed E-state index contributed by atoms with van der Waals surface area (Å²) in [4.78, 5) is 4.56. The number of rotatable bonds is 8. The maximum atomic E-state index is 13.7. The molecule has 0 unspecified atom stereocenters. The third kappa shape index (κ3) is 7.24. The highest BCUT2D eigenvalue weighted by molar-refractivity contribution is 14.0. The molecule has 0 spiro atoms. The van der Waals surface area contributed by atoms with Gasteiger partial charge in [0.2, 0.25) is 0 Å². The Labute approximate surface area is 177 Å². The van der Waals surface area contributed by atoms with Gasteiger partial charge < -0.3 is 20.1 Å². The lowest BCUT2D eigenvalue weighted by atomic mass is 10.2. The first-order valence-electron chi connectivity index (χ1n) is 8.73. The van der Waals surface area contributed by atoms with E-state index in [0.29, 0.717) is 42.7 Å². The quantitative estimate of drug-likeness (QED) is 0.335. The van der Waals surface area contributed by atoms with E-state index in [1.807, 2.05) is 38.1 Å². The van der Waals surface area contributed by atoms with Gasteiger partial charge in [-0.3, -0.25) is 0 Å². The first kappa shape index (κ1) is 23.0. The topological polar surface area (TPSA) is 54.9 Å². The first-order valence-corrected chi connectivity index (χ1v) is 8.73. The Morgan fingerprint density at radius 2 is 1.85 bits per heavy atom. The minimum absolute atomic E-state index is 0. The van der Waals surface area contributed by atoms with Gasteiger partial charge in [-0.25, -0.2) is 9.38 Å². The van der Waals surface area contributed by atoms with Crippen molar-refractivity contribution in [3.63, 3.8) is 0 Å². The van der Waals surface area contributed by atoms with Gasteiger partial charge in [0.25, 0.3) is 0 Å². The second kappa shape index (κ2) is 12.4. The summed E-state index contributed by atoms with van der Waals surface area (Å²) < 4.78 is 24.6. The van der Waals surface area contributed by atoms with Crippen LogP contribution >= 0.6 is 24.0 Å². The van der Waals surface area contributed by atoms with Gasteiger partial charge in [-0.1, -0.05) is 24.3 Å². The maximum Gasteiger partial charge on any atom is 0.191 e. The summed E-state index contributed by atoms with van der Waals surface area (Å²) in [5, 5.41) is 6.31. The maximum absolute atomic E-state index is 13.7. The van der Waals surface area contributed by atoms with Crippen molar-refractivity contribution in [2.45, 2.75) is 26.9 Å². The molecule has 0 radical (unpaired) electrons. The number of guanidine groups is 1. The third-order valence-corrected chi connectivity index (χ3v) is 3.70. The van der Waals surface area contributed by atoms with Crippen LogP contribution in [0.2, 0.25) is 0 Å². The van der Waals surface area contributed by atoms with Crippen LogP contribution in [-0.4, -0.2) is 26.2 Å². The molecule has 0 fully saturated rings. The monoisotopic (exact) mass is 487 g/mol. The standard InChI is InChI=1S/C20H26FN3O2.HI/c1-4-22-20(24-14-16-8-6-7-9-17(16)21)23-13-15-10-11-18(26-5-2)19(12-15)25-3;/h6-12H,4-5,13-14H2,1-3H3,(H2,22,23,24);1H. The van der Waals surface area contributed by atoms with E-state index in [4.69, 9.17) is 9.47 Å². The molecule has 2 aromatic carbocycles. The van der Waals surface area contributed by atoms with Crippen LogP contribution in [0.15, 0.2) is 47.5 Å². The molecule has 7 heteroatoms. The van der Waals surface area contributed by atoms with Gasteiger partial charge in [0.15, 0.2) is 17.5 Å². The Hall–Kier alpha value is -2.03. The van der Waals surface area contributed by atoms with E-state index in [1.54, 1.807) is 19.2 Å². The van der Waals surface area contributed by atoms with Crippen LogP contribution < -0.4 is 20.1 Å². The van der Waals surface area contributed by atoms with Crippen LogP contribution in [0.3, 0.4) is 0 Å². The smallest absolute Gasteiger partial charge is 0.191 e. The summed E-state index contributed by atoms with van der Waals surface area (Å²) in [6.07, 6.45) is 0. The Kier molecular flexibility index (Phi) is 10.5. The predicted molar refractivity (Wildman–Crippen MR) is 118 cm³/mol.